The van der Waals surface area contributed by atoms with Crippen LogP contribution in [0.25, 0.3) is 16.3 Å². The predicted octanol–water partition coefficient (Wildman–Crippen LogP) is 3.75. The van der Waals surface area contributed by atoms with Crippen LogP contribution in [0.1, 0.15) is 24.3 Å². The van der Waals surface area contributed by atoms with Gasteiger partial charge in [0.15, 0.2) is 0 Å². The molecule has 24 heavy (non-hydrogen) atoms. The van der Waals surface area contributed by atoms with E-state index in [1.807, 2.05) is 61.7 Å². The van der Waals surface area contributed by atoms with Crippen molar-refractivity contribution < 1.29 is 9.53 Å². The number of carbonyl (C=O) groups excluding carboxylic acids is 1. The fourth-order valence-corrected chi connectivity index (χ4v) is 3.03. The number of carbonyl (C=O) groups is 1. The van der Waals surface area contributed by atoms with Gasteiger partial charge in [0.05, 0.1) is 17.7 Å². The van der Waals surface area contributed by atoms with Crippen molar-refractivity contribution in [2.24, 2.45) is 0 Å². The second-order valence-corrected chi connectivity index (χ2v) is 6.58. The average molecular weight is 341 g/mol. The van der Waals surface area contributed by atoms with Gasteiger partial charge in [-0.15, -0.1) is 11.3 Å². The minimum atomic E-state index is -0.142. The third-order valence-corrected chi connectivity index (χ3v) is 4.34. The first-order valence-corrected chi connectivity index (χ1v) is 8.55. The Morgan fingerprint density at radius 1 is 1.25 bits per heavy atom. The van der Waals surface area contributed by atoms with Crippen molar-refractivity contribution in [1.29, 1.82) is 0 Å². The largest absolute Gasteiger partial charge is 0.497 e. The second kappa shape index (κ2) is 6.88. The van der Waals surface area contributed by atoms with Crippen molar-refractivity contribution in [3.8, 4) is 22.0 Å². The number of rotatable bonds is 5. The van der Waals surface area contributed by atoms with Crippen molar-refractivity contribution in [1.82, 2.24) is 15.1 Å². The van der Waals surface area contributed by atoms with Gasteiger partial charge in [0.2, 0.25) is 0 Å². The summed E-state index contributed by atoms with van der Waals surface area (Å²) in [6.07, 6.45) is 0. The Bertz CT molecular complexity index is 821. The van der Waals surface area contributed by atoms with Crippen molar-refractivity contribution in [3.05, 3.63) is 53.5 Å². The molecule has 0 saturated carbocycles. The van der Waals surface area contributed by atoms with Gasteiger partial charge in [-0.05, 0) is 55.6 Å². The van der Waals surface area contributed by atoms with Gasteiger partial charge >= 0.3 is 0 Å². The van der Waals surface area contributed by atoms with E-state index in [1.165, 1.54) is 0 Å². The highest BCUT2D eigenvalue weighted by Gasteiger charge is 2.18. The maximum absolute atomic E-state index is 12.6. The molecule has 3 aromatic rings. The van der Waals surface area contributed by atoms with E-state index in [9.17, 15) is 4.79 Å². The second-order valence-electron chi connectivity index (χ2n) is 5.63. The molecule has 0 radical (unpaired) electrons. The number of aromatic nitrogens is 2. The lowest BCUT2D eigenvalue weighted by atomic mass is 10.2. The Labute approximate surface area is 144 Å². The summed E-state index contributed by atoms with van der Waals surface area (Å²) in [5.41, 5.74) is 2.11. The average Bonchev–Trinajstić information content (AvgIpc) is 3.23. The summed E-state index contributed by atoms with van der Waals surface area (Å²) in [4.78, 5) is 13.6. The van der Waals surface area contributed by atoms with E-state index in [0.717, 1.165) is 22.0 Å². The first-order valence-electron chi connectivity index (χ1n) is 7.67. The first kappa shape index (κ1) is 16.3. The van der Waals surface area contributed by atoms with E-state index in [0.29, 0.717) is 5.69 Å². The summed E-state index contributed by atoms with van der Waals surface area (Å²) in [5, 5.41) is 9.56. The molecule has 0 fully saturated rings. The van der Waals surface area contributed by atoms with Gasteiger partial charge in [0.25, 0.3) is 5.91 Å². The summed E-state index contributed by atoms with van der Waals surface area (Å²) in [5.74, 6) is 0.619. The van der Waals surface area contributed by atoms with Crippen LogP contribution in [0.4, 0.5) is 0 Å². The van der Waals surface area contributed by atoms with Crippen LogP contribution in [0, 0.1) is 0 Å². The number of ether oxygens (including phenoxy) is 1. The van der Waals surface area contributed by atoms with E-state index in [4.69, 9.17) is 4.74 Å². The molecule has 0 spiro atoms. The standard InChI is InChI=1S/C18H19N3O2S/c1-12(2)19-18(22)16-11-15(17-5-4-10-24-17)20-21(16)13-6-8-14(23-3)9-7-13/h4-12H,1-3H3,(H,19,22). The highest BCUT2D eigenvalue weighted by Crippen LogP contribution is 2.26. The lowest BCUT2D eigenvalue weighted by Gasteiger charge is -2.10. The lowest BCUT2D eigenvalue weighted by molar-refractivity contribution is 0.0935. The molecule has 0 aliphatic heterocycles. The van der Waals surface area contributed by atoms with Crippen molar-refractivity contribution in [3.63, 3.8) is 0 Å². The molecule has 1 aromatic carbocycles. The van der Waals surface area contributed by atoms with E-state index in [2.05, 4.69) is 10.4 Å². The number of benzene rings is 1. The fraction of sp³-hybridized carbons (Fsp3) is 0.222. The van der Waals surface area contributed by atoms with Gasteiger partial charge in [0.1, 0.15) is 17.1 Å². The Kier molecular flexibility index (Phi) is 4.66. The zero-order valence-corrected chi connectivity index (χ0v) is 14.6. The molecule has 1 N–H and O–H groups in total. The van der Waals surface area contributed by atoms with Crippen LogP contribution in [0.15, 0.2) is 47.8 Å². The van der Waals surface area contributed by atoms with Crippen LogP contribution in [-0.4, -0.2) is 28.8 Å². The number of hydrogen-bond acceptors (Lipinski definition) is 4. The van der Waals surface area contributed by atoms with Crippen LogP contribution < -0.4 is 10.1 Å². The van der Waals surface area contributed by atoms with Crippen LogP contribution >= 0.6 is 11.3 Å². The normalized spacial score (nSPS) is 10.8. The molecule has 0 aliphatic carbocycles. The molecule has 0 saturated heterocycles. The number of methoxy groups -OCH3 is 1. The Balaban J connectivity index is 2.06. The third kappa shape index (κ3) is 3.33. The molecule has 6 heteroatoms. The number of amides is 1. The molecule has 2 heterocycles. The molecule has 2 aromatic heterocycles. The smallest absolute Gasteiger partial charge is 0.270 e. The van der Waals surface area contributed by atoms with Gasteiger partial charge < -0.3 is 10.1 Å². The highest BCUT2D eigenvalue weighted by molar-refractivity contribution is 7.13. The summed E-state index contributed by atoms with van der Waals surface area (Å²) in [7, 11) is 1.62. The van der Waals surface area contributed by atoms with Crippen LogP contribution in [0.2, 0.25) is 0 Å². The minimum absolute atomic E-state index is 0.0573. The molecule has 0 atom stereocenters. The van der Waals surface area contributed by atoms with Crippen LogP contribution in [0.3, 0.4) is 0 Å². The van der Waals surface area contributed by atoms with Gasteiger partial charge in [0, 0.05) is 6.04 Å². The minimum Gasteiger partial charge on any atom is -0.497 e. The van der Waals surface area contributed by atoms with Gasteiger partial charge in [-0.3, -0.25) is 4.79 Å². The topological polar surface area (TPSA) is 56.2 Å². The maximum atomic E-state index is 12.6. The zero-order valence-electron chi connectivity index (χ0n) is 13.8. The monoisotopic (exact) mass is 341 g/mol. The Hall–Kier alpha value is -2.60. The van der Waals surface area contributed by atoms with Gasteiger partial charge in [-0.2, -0.15) is 5.10 Å². The van der Waals surface area contributed by atoms with Crippen molar-refractivity contribution in [2.75, 3.05) is 7.11 Å². The molecule has 1 amide bonds. The van der Waals surface area contributed by atoms with Crippen LogP contribution in [-0.2, 0) is 0 Å². The summed E-state index contributed by atoms with van der Waals surface area (Å²) < 4.78 is 6.87. The Morgan fingerprint density at radius 2 is 2.00 bits per heavy atom. The Morgan fingerprint density at radius 3 is 2.58 bits per heavy atom. The molecule has 124 valence electrons. The molecule has 5 nitrogen and oxygen atoms in total. The van der Waals surface area contributed by atoms with E-state index >= 15 is 0 Å². The molecular weight excluding hydrogens is 322 g/mol. The molecule has 0 unspecified atom stereocenters. The summed E-state index contributed by atoms with van der Waals surface area (Å²) >= 11 is 1.60. The fourth-order valence-electron chi connectivity index (χ4n) is 2.34. The SMILES string of the molecule is COc1ccc(-n2nc(-c3cccs3)cc2C(=O)NC(C)C)cc1. The number of nitrogens with one attached hydrogen (secondary N) is 1. The van der Waals surface area contributed by atoms with Gasteiger partial charge in [-0.1, -0.05) is 6.07 Å². The molecule has 3 rings (SSSR count). The molecular formula is C18H19N3O2S. The number of hydrogen-bond donors (Lipinski definition) is 1. The van der Waals surface area contributed by atoms with Crippen molar-refractivity contribution >= 4 is 17.2 Å². The first-order chi connectivity index (χ1) is 11.6. The van der Waals surface area contributed by atoms with Crippen LogP contribution in [0.5, 0.6) is 5.75 Å². The van der Waals surface area contributed by atoms with E-state index < -0.39 is 0 Å². The quantitative estimate of drug-likeness (QED) is 0.769. The summed E-state index contributed by atoms with van der Waals surface area (Å²) in [6, 6.07) is 13.3. The molecule has 0 aliphatic rings. The zero-order chi connectivity index (χ0) is 17.1. The third-order valence-electron chi connectivity index (χ3n) is 3.45. The number of thiophene rings is 1. The predicted molar refractivity (Wildman–Crippen MR) is 96.0 cm³/mol. The highest BCUT2D eigenvalue weighted by atomic mass is 32.1. The molecule has 0 bridgehead atoms. The van der Waals surface area contributed by atoms with E-state index in [-0.39, 0.29) is 11.9 Å². The number of nitrogens with zero attached hydrogens (tertiary/aromatic N) is 2. The van der Waals surface area contributed by atoms with Gasteiger partial charge in [-0.25, -0.2) is 4.68 Å². The lowest BCUT2D eigenvalue weighted by Crippen LogP contribution is -2.31. The maximum Gasteiger partial charge on any atom is 0.270 e. The van der Waals surface area contributed by atoms with E-state index in [1.54, 1.807) is 23.1 Å². The summed E-state index contributed by atoms with van der Waals surface area (Å²) in [6.45, 7) is 3.87. The van der Waals surface area contributed by atoms with Crippen molar-refractivity contribution in [2.45, 2.75) is 19.9 Å².